The highest BCUT2D eigenvalue weighted by molar-refractivity contribution is 6.22. The van der Waals surface area contributed by atoms with Crippen LogP contribution < -0.4 is 0 Å². The van der Waals surface area contributed by atoms with Crippen molar-refractivity contribution in [2.45, 2.75) is 0 Å². The summed E-state index contributed by atoms with van der Waals surface area (Å²) >= 11 is 0. The van der Waals surface area contributed by atoms with E-state index in [0.717, 1.165) is 83.5 Å². The Labute approximate surface area is 330 Å². The topological polar surface area (TPSA) is 43.6 Å². The molecule has 0 spiro atoms. The lowest BCUT2D eigenvalue weighted by Gasteiger charge is -2.12. The summed E-state index contributed by atoms with van der Waals surface area (Å²) in [5.41, 5.74) is 13.6. The molecule has 0 saturated carbocycles. The average Bonchev–Trinajstić information content (AvgIpc) is 3.62. The third-order valence-electron chi connectivity index (χ3n) is 11.0. The van der Waals surface area contributed by atoms with Crippen molar-refractivity contribution in [1.82, 2.24) is 19.5 Å². The molecule has 0 amide bonds. The van der Waals surface area contributed by atoms with E-state index in [-0.39, 0.29) is 0 Å². The van der Waals surface area contributed by atoms with Gasteiger partial charge in [-0.15, -0.1) is 0 Å². The molecule has 0 unspecified atom stereocenters. The van der Waals surface area contributed by atoms with Crippen molar-refractivity contribution in [2.75, 3.05) is 0 Å². The summed E-state index contributed by atoms with van der Waals surface area (Å²) < 4.78 is 2.41. The molecule has 8 aromatic carbocycles. The minimum absolute atomic E-state index is 0.702. The molecule has 0 saturated heterocycles. The Hall–Kier alpha value is -7.69. The summed E-state index contributed by atoms with van der Waals surface area (Å²) in [6.07, 6.45) is 0. The van der Waals surface area contributed by atoms with Crippen LogP contribution in [0.2, 0.25) is 0 Å². The fourth-order valence-corrected chi connectivity index (χ4v) is 8.34. The van der Waals surface area contributed by atoms with E-state index in [1.165, 1.54) is 16.2 Å². The van der Waals surface area contributed by atoms with Crippen LogP contribution in [0.3, 0.4) is 0 Å². The van der Waals surface area contributed by atoms with Crippen LogP contribution in [-0.4, -0.2) is 19.5 Å². The second-order valence-electron chi connectivity index (χ2n) is 14.4. The zero-order valence-electron chi connectivity index (χ0n) is 30.9. The molecule has 3 aromatic heterocycles. The summed E-state index contributed by atoms with van der Waals surface area (Å²) in [7, 11) is 0. The van der Waals surface area contributed by atoms with Crippen LogP contribution >= 0.6 is 0 Å². The minimum Gasteiger partial charge on any atom is -0.309 e. The van der Waals surface area contributed by atoms with E-state index >= 15 is 0 Å². The fraction of sp³-hybridized carbons (Fsp3) is 0. The molecule has 3 heterocycles. The largest absolute Gasteiger partial charge is 0.309 e. The predicted molar refractivity (Wildman–Crippen MR) is 236 cm³/mol. The molecule has 0 aliphatic carbocycles. The Morgan fingerprint density at radius 2 is 0.930 bits per heavy atom. The predicted octanol–water partition coefficient (Wildman–Crippen LogP) is 13.6. The first-order chi connectivity index (χ1) is 28.3. The van der Waals surface area contributed by atoms with Crippen LogP contribution in [0, 0.1) is 0 Å². The number of rotatable bonds is 6. The molecule has 0 fully saturated rings. The van der Waals surface area contributed by atoms with Gasteiger partial charge in [-0.1, -0.05) is 158 Å². The quantitative estimate of drug-likeness (QED) is 0.160. The Kier molecular flexibility index (Phi) is 7.78. The monoisotopic (exact) mass is 726 g/mol. The third kappa shape index (κ3) is 5.66. The molecular weight excluding hydrogens is 693 g/mol. The SMILES string of the molecule is c1ccc(-c2cc(-c3cccc(-c4cccc5c4c4cc6c(-c7ccccc7)nc7ccccc7c6cc4n5-c4ccccc4)c3)nc(-c3ccccc3)n2)cc1. The van der Waals surface area contributed by atoms with Crippen molar-refractivity contribution in [3.63, 3.8) is 0 Å². The van der Waals surface area contributed by atoms with Gasteiger partial charge in [0.25, 0.3) is 0 Å². The van der Waals surface area contributed by atoms with Gasteiger partial charge in [0, 0.05) is 49.5 Å². The van der Waals surface area contributed by atoms with E-state index in [2.05, 4.69) is 187 Å². The van der Waals surface area contributed by atoms with Gasteiger partial charge >= 0.3 is 0 Å². The molecule has 11 rings (SSSR count). The number of para-hydroxylation sites is 2. The summed E-state index contributed by atoms with van der Waals surface area (Å²) in [6.45, 7) is 0. The van der Waals surface area contributed by atoms with Gasteiger partial charge in [-0.25, -0.2) is 15.0 Å². The normalized spacial score (nSPS) is 11.5. The molecule has 0 N–H and O–H groups in total. The maximum atomic E-state index is 5.29. The molecule has 4 heteroatoms. The lowest BCUT2D eigenvalue weighted by Crippen LogP contribution is -1.96. The second-order valence-corrected chi connectivity index (χ2v) is 14.4. The van der Waals surface area contributed by atoms with Crippen LogP contribution in [0.5, 0.6) is 0 Å². The number of hydrogen-bond acceptors (Lipinski definition) is 3. The van der Waals surface area contributed by atoms with E-state index in [9.17, 15) is 0 Å². The van der Waals surface area contributed by atoms with Crippen molar-refractivity contribution in [2.24, 2.45) is 0 Å². The van der Waals surface area contributed by atoms with Crippen molar-refractivity contribution >= 4 is 43.5 Å². The zero-order chi connectivity index (χ0) is 37.7. The number of nitrogens with zero attached hydrogens (tertiary/aromatic N) is 4. The lowest BCUT2D eigenvalue weighted by molar-refractivity contribution is 1.18. The van der Waals surface area contributed by atoms with Gasteiger partial charge in [0.05, 0.1) is 33.6 Å². The van der Waals surface area contributed by atoms with Crippen LogP contribution in [0.25, 0.3) is 105 Å². The number of hydrogen-bond donors (Lipinski definition) is 0. The summed E-state index contributed by atoms with van der Waals surface area (Å²) in [5.74, 6) is 0.702. The smallest absolute Gasteiger partial charge is 0.160 e. The highest BCUT2D eigenvalue weighted by Crippen LogP contribution is 2.43. The molecule has 4 nitrogen and oxygen atoms in total. The van der Waals surface area contributed by atoms with Gasteiger partial charge in [-0.05, 0) is 65.0 Å². The lowest BCUT2D eigenvalue weighted by atomic mass is 9.94. The van der Waals surface area contributed by atoms with Gasteiger partial charge in [-0.2, -0.15) is 0 Å². The molecule has 11 aromatic rings. The average molecular weight is 727 g/mol. The number of aromatic nitrogens is 4. The Morgan fingerprint density at radius 3 is 1.68 bits per heavy atom. The Bertz CT molecular complexity index is 3210. The summed E-state index contributed by atoms with van der Waals surface area (Å²) in [4.78, 5) is 15.5. The van der Waals surface area contributed by atoms with Crippen molar-refractivity contribution in [3.05, 3.63) is 206 Å². The van der Waals surface area contributed by atoms with Gasteiger partial charge in [0.15, 0.2) is 5.82 Å². The van der Waals surface area contributed by atoms with Crippen LogP contribution in [0.15, 0.2) is 206 Å². The standard InChI is InChI=1S/C53H34N4/c1-5-17-35(18-6-1)47-34-48(56-53(55-47)37-21-9-3-10-22-37)39-24-15-23-38(31-39)41-28-16-30-49-51(41)45-32-44-43(33-50(45)57(49)40-25-11-4-12-26-40)42-27-13-14-29-46(42)54-52(44)36-19-7-2-8-20-36/h1-34H. The molecule has 0 aliphatic rings. The van der Waals surface area contributed by atoms with E-state index in [1.54, 1.807) is 0 Å². The highest BCUT2D eigenvalue weighted by Gasteiger charge is 2.20. The van der Waals surface area contributed by atoms with Gasteiger partial charge in [0.1, 0.15) is 0 Å². The van der Waals surface area contributed by atoms with E-state index in [4.69, 9.17) is 15.0 Å². The fourth-order valence-electron chi connectivity index (χ4n) is 8.34. The molecule has 0 aliphatic heterocycles. The Morgan fingerprint density at radius 1 is 0.333 bits per heavy atom. The highest BCUT2D eigenvalue weighted by atomic mass is 15.0. The summed E-state index contributed by atoms with van der Waals surface area (Å²) in [6, 6.07) is 72.6. The Balaban J connectivity index is 1.18. The first-order valence-electron chi connectivity index (χ1n) is 19.3. The van der Waals surface area contributed by atoms with Gasteiger partial charge < -0.3 is 4.57 Å². The van der Waals surface area contributed by atoms with E-state index in [1.807, 2.05) is 24.3 Å². The molecular formula is C53H34N4. The number of benzene rings is 8. The molecule has 266 valence electrons. The van der Waals surface area contributed by atoms with Gasteiger partial charge in [-0.3, -0.25) is 0 Å². The summed E-state index contributed by atoms with van der Waals surface area (Å²) in [5, 5.41) is 5.83. The van der Waals surface area contributed by atoms with Crippen molar-refractivity contribution < 1.29 is 0 Å². The zero-order valence-corrected chi connectivity index (χ0v) is 30.9. The van der Waals surface area contributed by atoms with E-state index < -0.39 is 0 Å². The maximum absolute atomic E-state index is 5.29. The molecule has 0 bridgehead atoms. The third-order valence-corrected chi connectivity index (χ3v) is 11.0. The first-order valence-corrected chi connectivity index (χ1v) is 19.3. The minimum atomic E-state index is 0.702. The van der Waals surface area contributed by atoms with Crippen molar-refractivity contribution in [3.8, 4) is 62.0 Å². The van der Waals surface area contributed by atoms with Crippen LogP contribution in [0.1, 0.15) is 0 Å². The maximum Gasteiger partial charge on any atom is 0.160 e. The number of fused-ring (bicyclic) bond motifs is 6. The van der Waals surface area contributed by atoms with Crippen molar-refractivity contribution in [1.29, 1.82) is 0 Å². The molecule has 0 atom stereocenters. The van der Waals surface area contributed by atoms with Crippen LogP contribution in [0.4, 0.5) is 0 Å². The molecule has 57 heavy (non-hydrogen) atoms. The first kappa shape index (κ1) is 32.7. The number of pyridine rings is 1. The van der Waals surface area contributed by atoms with Gasteiger partial charge in [0.2, 0.25) is 0 Å². The van der Waals surface area contributed by atoms with Crippen LogP contribution in [-0.2, 0) is 0 Å². The second kappa shape index (κ2) is 13.6. The molecule has 0 radical (unpaired) electrons. The van der Waals surface area contributed by atoms with E-state index in [0.29, 0.717) is 5.82 Å².